The highest BCUT2D eigenvalue weighted by atomic mass is 79.9. The molecule has 2 heteroatoms. The van der Waals surface area contributed by atoms with E-state index in [0.717, 1.165) is 5.92 Å². The van der Waals surface area contributed by atoms with Gasteiger partial charge in [0.25, 0.3) is 0 Å². The molecule has 0 amide bonds. The highest BCUT2D eigenvalue weighted by molar-refractivity contribution is 8.93. The van der Waals surface area contributed by atoms with Crippen molar-refractivity contribution in [2.75, 3.05) is 20.1 Å². The molecule has 1 nitrogen and oxygen atoms in total. The van der Waals surface area contributed by atoms with E-state index in [9.17, 15) is 0 Å². The van der Waals surface area contributed by atoms with E-state index in [-0.39, 0.29) is 17.0 Å². The fourth-order valence-electron chi connectivity index (χ4n) is 3.89. The summed E-state index contributed by atoms with van der Waals surface area (Å²) in [7, 11) is 2.27. The third kappa shape index (κ3) is 2.17. The van der Waals surface area contributed by atoms with E-state index in [1.165, 1.54) is 38.8 Å². The monoisotopic (exact) mass is 295 g/mol. The van der Waals surface area contributed by atoms with Gasteiger partial charge < -0.3 is 4.90 Å². The maximum Gasteiger partial charge on any atom is 0.00151 e. The van der Waals surface area contributed by atoms with Crippen LogP contribution in [0, 0.1) is 5.92 Å². The molecule has 0 spiro atoms. The molecule has 1 aliphatic carbocycles. The molecule has 1 saturated heterocycles. The summed E-state index contributed by atoms with van der Waals surface area (Å²) in [6, 6.07) is 11.3. The SMILES string of the molecule is Br.CN1CC[C@]2(c3ccccc3)CCC[C@@H]2C1. The number of likely N-dealkylation sites (tertiary alicyclic amines) is 1. The number of hydrogen-bond acceptors (Lipinski definition) is 1. The lowest BCUT2D eigenvalue weighted by Gasteiger charge is -2.43. The van der Waals surface area contributed by atoms with Gasteiger partial charge in [-0.05, 0) is 44.3 Å². The number of halogens is 1. The molecule has 0 radical (unpaired) electrons. The molecule has 0 bridgehead atoms. The Bertz CT molecular complexity index is 364. The number of fused-ring (bicyclic) bond motifs is 1. The molecule has 94 valence electrons. The second kappa shape index (κ2) is 5.11. The van der Waals surface area contributed by atoms with Gasteiger partial charge >= 0.3 is 0 Å². The van der Waals surface area contributed by atoms with Crippen molar-refractivity contribution in [3.63, 3.8) is 0 Å². The molecular weight excluding hydrogens is 274 g/mol. The summed E-state index contributed by atoms with van der Waals surface area (Å²) in [5, 5.41) is 0. The van der Waals surface area contributed by atoms with E-state index in [0.29, 0.717) is 5.41 Å². The number of piperidine rings is 1. The number of benzene rings is 1. The number of hydrogen-bond donors (Lipinski definition) is 0. The number of rotatable bonds is 1. The minimum atomic E-state index is 0. The van der Waals surface area contributed by atoms with Crippen LogP contribution in [0.1, 0.15) is 31.2 Å². The van der Waals surface area contributed by atoms with Crippen LogP contribution in [-0.4, -0.2) is 25.0 Å². The maximum absolute atomic E-state index is 2.51. The van der Waals surface area contributed by atoms with Crippen molar-refractivity contribution in [3.8, 4) is 0 Å². The topological polar surface area (TPSA) is 3.24 Å². The molecule has 2 aliphatic rings. The summed E-state index contributed by atoms with van der Waals surface area (Å²) >= 11 is 0. The van der Waals surface area contributed by atoms with E-state index in [1.54, 1.807) is 5.56 Å². The van der Waals surface area contributed by atoms with E-state index in [1.807, 2.05) is 0 Å². The highest BCUT2D eigenvalue weighted by Crippen LogP contribution is 2.50. The van der Waals surface area contributed by atoms with Gasteiger partial charge in [0.05, 0.1) is 0 Å². The molecule has 3 rings (SSSR count). The van der Waals surface area contributed by atoms with Crippen LogP contribution in [0.5, 0.6) is 0 Å². The van der Waals surface area contributed by atoms with Crippen molar-refractivity contribution >= 4 is 17.0 Å². The van der Waals surface area contributed by atoms with Gasteiger partial charge in [0, 0.05) is 12.0 Å². The first kappa shape index (κ1) is 13.1. The standard InChI is InChI=1S/C15H21N.BrH/c1-16-11-10-15(9-5-8-14(15)12-16)13-6-3-2-4-7-13;/h2-4,6-7,14H,5,8-12H2,1H3;1H/t14-,15+;/m1./s1. The van der Waals surface area contributed by atoms with E-state index < -0.39 is 0 Å². The van der Waals surface area contributed by atoms with Crippen LogP contribution in [0.2, 0.25) is 0 Å². The van der Waals surface area contributed by atoms with Crippen LogP contribution in [0.3, 0.4) is 0 Å². The van der Waals surface area contributed by atoms with E-state index >= 15 is 0 Å². The predicted molar refractivity (Wildman–Crippen MR) is 77.9 cm³/mol. The average molecular weight is 296 g/mol. The van der Waals surface area contributed by atoms with Crippen molar-refractivity contribution in [2.45, 2.75) is 31.1 Å². The molecule has 1 heterocycles. The van der Waals surface area contributed by atoms with E-state index in [2.05, 4.69) is 42.3 Å². The van der Waals surface area contributed by atoms with Crippen LogP contribution in [0.4, 0.5) is 0 Å². The molecule has 17 heavy (non-hydrogen) atoms. The molecular formula is C15H22BrN. The second-order valence-electron chi connectivity index (χ2n) is 5.62. The molecule has 0 N–H and O–H groups in total. The quantitative estimate of drug-likeness (QED) is 0.765. The molecule has 1 saturated carbocycles. The first-order valence-corrected chi connectivity index (χ1v) is 6.55. The third-order valence-electron chi connectivity index (χ3n) is 4.78. The summed E-state index contributed by atoms with van der Waals surface area (Å²) < 4.78 is 0. The van der Waals surface area contributed by atoms with Crippen LogP contribution in [0.15, 0.2) is 30.3 Å². The van der Waals surface area contributed by atoms with Gasteiger partial charge in [-0.15, -0.1) is 17.0 Å². The summed E-state index contributed by atoms with van der Waals surface area (Å²) in [4.78, 5) is 2.51. The Hall–Kier alpha value is -0.340. The van der Waals surface area contributed by atoms with Crippen LogP contribution in [-0.2, 0) is 5.41 Å². The minimum Gasteiger partial charge on any atom is -0.306 e. The van der Waals surface area contributed by atoms with Crippen molar-refractivity contribution in [1.82, 2.24) is 4.90 Å². The first-order valence-electron chi connectivity index (χ1n) is 6.55. The Morgan fingerprint density at radius 1 is 1.18 bits per heavy atom. The molecule has 2 fully saturated rings. The third-order valence-corrected chi connectivity index (χ3v) is 4.78. The summed E-state index contributed by atoms with van der Waals surface area (Å²) in [6.07, 6.45) is 5.63. The lowest BCUT2D eigenvalue weighted by molar-refractivity contribution is 0.134. The van der Waals surface area contributed by atoms with Gasteiger partial charge in [0.2, 0.25) is 0 Å². The zero-order valence-corrected chi connectivity index (χ0v) is 12.3. The van der Waals surface area contributed by atoms with Gasteiger partial charge in [0.15, 0.2) is 0 Å². The van der Waals surface area contributed by atoms with Gasteiger partial charge in [-0.25, -0.2) is 0 Å². The van der Waals surface area contributed by atoms with E-state index in [4.69, 9.17) is 0 Å². The smallest absolute Gasteiger partial charge is 0.00151 e. The fraction of sp³-hybridized carbons (Fsp3) is 0.600. The van der Waals surface area contributed by atoms with Crippen LogP contribution >= 0.6 is 17.0 Å². The maximum atomic E-state index is 2.51. The molecule has 0 unspecified atom stereocenters. The zero-order valence-electron chi connectivity index (χ0n) is 10.6. The number of nitrogens with zero attached hydrogens (tertiary/aromatic N) is 1. The Morgan fingerprint density at radius 3 is 2.71 bits per heavy atom. The molecule has 2 atom stereocenters. The second-order valence-corrected chi connectivity index (χ2v) is 5.62. The molecule has 1 aromatic carbocycles. The lowest BCUT2D eigenvalue weighted by atomic mass is 9.68. The summed E-state index contributed by atoms with van der Waals surface area (Å²) in [5.41, 5.74) is 2.12. The van der Waals surface area contributed by atoms with Gasteiger partial charge in [-0.2, -0.15) is 0 Å². The average Bonchev–Trinajstić information content (AvgIpc) is 2.74. The molecule has 1 aliphatic heterocycles. The molecule has 1 aromatic rings. The summed E-state index contributed by atoms with van der Waals surface area (Å²) in [6.45, 7) is 2.57. The van der Waals surface area contributed by atoms with Crippen LogP contribution in [0.25, 0.3) is 0 Å². The summed E-state index contributed by atoms with van der Waals surface area (Å²) in [5.74, 6) is 0.897. The Morgan fingerprint density at radius 2 is 1.94 bits per heavy atom. The Kier molecular flexibility index (Phi) is 3.94. The van der Waals surface area contributed by atoms with Gasteiger partial charge in [-0.1, -0.05) is 36.8 Å². The lowest BCUT2D eigenvalue weighted by Crippen LogP contribution is -2.45. The Labute approximate surface area is 115 Å². The normalized spacial score (nSPS) is 32.9. The fourth-order valence-corrected chi connectivity index (χ4v) is 3.89. The highest BCUT2D eigenvalue weighted by Gasteiger charge is 2.46. The zero-order chi connectivity index (χ0) is 11.0. The predicted octanol–water partition coefficient (Wildman–Crippen LogP) is 3.64. The van der Waals surface area contributed by atoms with Crippen molar-refractivity contribution in [2.24, 2.45) is 5.92 Å². The first-order chi connectivity index (χ1) is 7.81. The largest absolute Gasteiger partial charge is 0.306 e. The van der Waals surface area contributed by atoms with Crippen LogP contribution < -0.4 is 0 Å². The van der Waals surface area contributed by atoms with Crippen molar-refractivity contribution < 1.29 is 0 Å². The molecule has 0 aromatic heterocycles. The Balaban J connectivity index is 0.00000108. The van der Waals surface area contributed by atoms with Crippen molar-refractivity contribution in [3.05, 3.63) is 35.9 Å². The van der Waals surface area contributed by atoms with Gasteiger partial charge in [-0.3, -0.25) is 0 Å². The van der Waals surface area contributed by atoms with Gasteiger partial charge in [0.1, 0.15) is 0 Å². The van der Waals surface area contributed by atoms with Crippen molar-refractivity contribution in [1.29, 1.82) is 0 Å². The minimum absolute atomic E-state index is 0.